The van der Waals surface area contributed by atoms with E-state index in [2.05, 4.69) is 73.8 Å². The third kappa shape index (κ3) is 5.66. The van der Waals surface area contributed by atoms with Crippen LogP contribution in [0.4, 0.5) is 10.5 Å². The summed E-state index contributed by atoms with van der Waals surface area (Å²) in [7, 11) is 0. The van der Waals surface area contributed by atoms with Crippen LogP contribution in [0.1, 0.15) is 74.7 Å². The molecule has 0 aliphatic heterocycles. The first-order valence-electron chi connectivity index (χ1n) is 21.6. The second kappa shape index (κ2) is 13.9. The number of nitrogens with one attached hydrogen (secondary N) is 1. The van der Waals surface area contributed by atoms with Crippen molar-refractivity contribution < 1.29 is 19.8 Å². The van der Waals surface area contributed by atoms with Gasteiger partial charge in [-0.2, -0.15) is 0 Å². The third-order valence-electron chi connectivity index (χ3n) is 16.2. The zero-order chi connectivity index (χ0) is 40.6. The predicted octanol–water partition coefficient (Wildman–Crippen LogP) is 11.0. The SMILES string of the molecule is CC12CCC(O)CC13C=CC1(C(C(=O)c4ccccc4-c4ccccc4)=C3)C2CCC2(C)C1CCC2(O)CN(Cc1cccc2ccccc12)C(=O)Nc1ccccc1. The van der Waals surface area contributed by atoms with Crippen molar-refractivity contribution >= 4 is 28.3 Å². The first-order valence-corrected chi connectivity index (χ1v) is 21.6. The van der Waals surface area contributed by atoms with Gasteiger partial charge in [0.2, 0.25) is 0 Å². The Morgan fingerprint density at radius 2 is 1.39 bits per heavy atom. The number of Topliss-reactive ketones (excluding diaryl/α,β-unsaturated/α-hetero) is 1. The molecule has 3 fully saturated rings. The molecule has 5 aromatic rings. The normalized spacial score (nSPS) is 32.7. The Kier molecular flexibility index (Phi) is 8.93. The van der Waals surface area contributed by atoms with Crippen molar-refractivity contribution in [2.24, 2.45) is 33.5 Å². The summed E-state index contributed by atoms with van der Waals surface area (Å²) >= 11 is 0. The molecule has 8 atom stereocenters. The highest BCUT2D eigenvalue weighted by molar-refractivity contribution is 6.14. The zero-order valence-electron chi connectivity index (χ0n) is 34.1. The van der Waals surface area contributed by atoms with Crippen LogP contribution >= 0.6 is 0 Å². The summed E-state index contributed by atoms with van der Waals surface area (Å²) < 4.78 is 0. The Labute approximate surface area is 347 Å². The molecule has 3 N–H and O–H groups in total. The second-order valence-electron chi connectivity index (χ2n) is 18.8. The first kappa shape index (κ1) is 37.9. The van der Waals surface area contributed by atoms with Gasteiger partial charge in [-0.3, -0.25) is 4.79 Å². The number of para-hydroxylation sites is 1. The number of amides is 2. The fraction of sp³-hybridized carbons (Fsp3) is 0.358. The smallest absolute Gasteiger partial charge is 0.322 e. The molecule has 5 aromatic carbocycles. The maximum absolute atomic E-state index is 15.6. The molecule has 0 saturated heterocycles. The van der Waals surface area contributed by atoms with Gasteiger partial charge in [-0.1, -0.05) is 147 Å². The Morgan fingerprint density at radius 1 is 0.729 bits per heavy atom. The van der Waals surface area contributed by atoms with E-state index in [4.69, 9.17) is 0 Å². The van der Waals surface area contributed by atoms with Gasteiger partial charge in [0.05, 0.1) is 18.2 Å². The average molecular weight is 783 g/mol. The number of carbonyl (C=O) groups excluding carboxylic acids is 2. The molecule has 6 nitrogen and oxygen atoms in total. The van der Waals surface area contributed by atoms with Crippen LogP contribution in [0.5, 0.6) is 0 Å². The Bertz CT molecular complexity index is 2510. The third-order valence-corrected chi connectivity index (χ3v) is 16.2. The monoisotopic (exact) mass is 782 g/mol. The summed E-state index contributed by atoms with van der Waals surface area (Å²) in [5.74, 6) is 0.154. The van der Waals surface area contributed by atoms with Crippen molar-refractivity contribution in [1.29, 1.82) is 0 Å². The Balaban J connectivity index is 1.07. The molecule has 11 rings (SSSR count). The van der Waals surface area contributed by atoms with Crippen LogP contribution in [0.15, 0.2) is 151 Å². The minimum Gasteiger partial charge on any atom is -0.393 e. The molecule has 2 amide bonds. The lowest BCUT2D eigenvalue weighted by molar-refractivity contribution is -0.174. The van der Waals surface area contributed by atoms with E-state index in [0.717, 1.165) is 65.1 Å². The fourth-order valence-electron chi connectivity index (χ4n) is 13.2. The molecular formula is C53H54N2O4. The minimum atomic E-state index is -1.23. The van der Waals surface area contributed by atoms with E-state index in [9.17, 15) is 15.0 Å². The lowest BCUT2D eigenvalue weighted by Gasteiger charge is -2.71. The van der Waals surface area contributed by atoms with E-state index in [1.165, 1.54) is 0 Å². The van der Waals surface area contributed by atoms with Gasteiger partial charge in [0, 0.05) is 39.6 Å². The number of rotatable bonds is 8. The van der Waals surface area contributed by atoms with Crippen molar-refractivity contribution in [3.63, 3.8) is 0 Å². The largest absolute Gasteiger partial charge is 0.393 e. The van der Waals surface area contributed by atoms with Gasteiger partial charge in [-0.15, -0.1) is 0 Å². The van der Waals surface area contributed by atoms with Gasteiger partial charge in [-0.05, 0) is 102 Å². The van der Waals surface area contributed by atoms with Crippen LogP contribution in [-0.2, 0) is 6.54 Å². The molecule has 6 aliphatic rings. The number of aliphatic hydroxyl groups excluding tert-OH is 1. The highest BCUT2D eigenvalue weighted by Crippen LogP contribution is 2.78. The number of nitrogens with zero attached hydrogens (tertiary/aromatic N) is 1. The molecular weight excluding hydrogens is 729 g/mol. The molecule has 8 unspecified atom stereocenters. The number of hydrogen-bond acceptors (Lipinski definition) is 4. The molecule has 0 aromatic heterocycles. The first-order chi connectivity index (χ1) is 28.5. The van der Waals surface area contributed by atoms with Gasteiger partial charge in [0.15, 0.2) is 5.78 Å². The number of benzene rings is 5. The quantitative estimate of drug-likeness (QED) is 0.108. The van der Waals surface area contributed by atoms with Gasteiger partial charge >= 0.3 is 6.03 Å². The lowest BCUT2D eigenvalue weighted by atomic mass is 9.32. The van der Waals surface area contributed by atoms with Gasteiger partial charge in [-0.25, -0.2) is 4.79 Å². The maximum atomic E-state index is 15.6. The van der Waals surface area contributed by atoms with E-state index >= 15 is 4.79 Å². The minimum absolute atomic E-state index is 0.0415. The molecule has 0 heterocycles. The molecule has 59 heavy (non-hydrogen) atoms. The highest BCUT2D eigenvalue weighted by atomic mass is 16.3. The van der Waals surface area contributed by atoms with E-state index in [-0.39, 0.29) is 35.6 Å². The molecule has 3 saturated carbocycles. The summed E-state index contributed by atoms with van der Waals surface area (Å²) in [6.07, 6.45) is 11.7. The van der Waals surface area contributed by atoms with E-state index in [1.54, 1.807) is 0 Å². The lowest BCUT2D eigenvalue weighted by Crippen LogP contribution is -2.67. The van der Waals surface area contributed by atoms with Crippen molar-refractivity contribution in [3.05, 3.63) is 162 Å². The summed E-state index contributed by atoms with van der Waals surface area (Å²) in [5.41, 5.74) is 2.11. The molecule has 2 spiro atoms. The number of hydrogen-bond donors (Lipinski definition) is 3. The van der Waals surface area contributed by atoms with Crippen LogP contribution in [0, 0.1) is 33.5 Å². The van der Waals surface area contributed by atoms with Crippen molar-refractivity contribution in [2.45, 2.75) is 77.0 Å². The van der Waals surface area contributed by atoms with Crippen LogP contribution in [0.25, 0.3) is 21.9 Å². The van der Waals surface area contributed by atoms with Crippen LogP contribution in [0.2, 0.25) is 0 Å². The van der Waals surface area contributed by atoms with E-state index < -0.39 is 27.9 Å². The number of ketones is 1. The van der Waals surface area contributed by atoms with E-state index in [0.29, 0.717) is 30.6 Å². The summed E-state index contributed by atoms with van der Waals surface area (Å²) in [4.78, 5) is 31.9. The molecule has 300 valence electrons. The highest BCUT2D eigenvalue weighted by Gasteiger charge is 2.74. The number of allylic oxidation sites excluding steroid dienone is 4. The summed E-state index contributed by atoms with van der Waals surface area (Å²) in [6.45, 7) is 5.16. The topological polar surface area (TPSA) is 89.9 Å². The van der Waals surface area contributed by atoms with Crippen LogP contribution in [-0.4, -0.2) is 45.2 Å². The van der Waals surface area contributed by atoms with Crippen LogP contribution in [0.3, 0.4) is 0 Å². The summed E-state index contributed by atoms with van der Waals surface area (Å²) in [6, 6.07) is 41.9. The zero-order valence-corrected chi connectivity index (χ0v) is 34.1. The molecule has 6 heteroatoms. The number of urea groups is 1. The molecule has 0 radical (unpaired) electrons. The number of aliphatic hydroxyl groups is 2. The number of carbonyl (C=O) groups is 2. The maximum Gasteiger partial charge on any atom is 0.322 e. The second-order valence-corrected chi connectivity index (χ2v) is 18.8. The van der Waals surface area contributed by atoms with Crippen LogP contribution < -0.4 is 5.32 Å². The van der Waals surface area contributed by atoms with Gasteiger partial charge in [0.1, 0.15) is 0 Å². The van der Waals surface area contributed by atoms with Crippen molar-refractivity contribution in [2.75, 3.05) is 11.9 Å². The predicted molar refractivity (Wildman–Crippen MR) is 235 cm³/mol. The molecule has 2 bridgehead atoms. The molecule has 6 aliphatic carbocycles. The number of fused-ring (bicyclic) bond motifs is 2. The van der Waals surface area contributed by atoms with Crippen molar-refractivity contribution in [3.8, 4) is 11.1 Å². The Morgan fingerprint density at radius 3 is 2.20 bits per heavy atom. The number of anilines is 1. The summed E-state index contributed by atoms with van der Waals surface area (Å²) in [5, 5.41) is 30.0. The Hall–Kier alpha value is -5.30. The van der Waals surface area contributed by atoms with E-state index in [1.807, 2.05) is 95.9 Å². The van der Waals surface area contributed by atoms with Gasteiger partial charge in [0.25, 0.3) is 0 Å². The fourth-order valence-corrected chi connectivity index (χ4v) is 13.2. The standard InChI is InChI=1S/C53H54N2O4/c1-49-27-24-40(56)32-51(49)30-31-53(44(33-51)47(57)43-23-12-11-22-42(43)37-14-5-3-6-15-37)45(49)25-28-50(2)46(53)26-29-52(50,59)35-55(48(58)54-39-19-7-4-8-20-39)34-38-18-13-17-36-16-9-10-21-41(36)38/h3-23,30-31,33,40,45-46,56,59H,24-29,32,34-35H2,1-2H3,(H,54,58). The van der Waals surface area contributed by atoms with Crippen molar-refractivity contribution in [1.82, 2.24) is 4.90 Å². The average Bonchev–Trinajstić information content (AvgIpc) is 3.53. The van der Waals surface area contributed by atoms with Gasteiger partial charge < -0.3 is 20.4 Å².